The Kier molecular flexibility index (Phi) is 5.67. The van der Waals surface area contributed by atoms with E-state index in [1.807, 2.05) is 0 Å². The fourth-order valence-electron chi connectivity index (χ4n) is 2.85. The third kappa shape index (κ3) is 4.38. The van der Waals surface area contributed by atoms with Gasteiger partial charge in [0.05, 0.1) is 10.8 Å². The lowest BCUT2D eigenvalue weighted by Crippen LogP contribution is -2.44. The summed E-state index contributed by atoms with van der Waals surface area (Å²) < 4.78 is 23.0. The first-order valence-electron chi connectivity index (χ1n) is 7.96. The van der Waals surface area contributed by atoms with Crippen LogP contribution in [0.5, 0.6) is 0 Å². The molecule has 0 bridgehead atoms. The number of carboxylic acids is 1. The summed E-state index contributed by atoms with van der Waals surface area (Å²) in [6.07, 6.45) is -0.0682. The maximum Gasteiger partial charge on any atom is 0.323 e. The van der Waals surface area contributed by atoms with Crippen LogP contribution in [0.1, 0.15) is 20.3 Å². The van der Waals surface area contributed by atoms with Gasteiger partial charge in [-0.25, -0.2) is 13.6 Å². The molecule has 1 saturated heterocycles. The molecule has 142 valence electrons. The first-order chi connectivity index (χ1) is 12.0. The monoisotopic (exact) mass is 383 g/mol. The minimum Gasteiger partial charge on any atom is -0.480 e. The highest BCUT2D eigenvalue weighted by Crippen LogP contribution is 2.28. The van der Waals surface area contributed by atoms with Crippen LogP contribution in [-0.2, 0) is 24.4 Å². The van der Waals surface area contributed by atoms with E-state index in [0.29, 0.717) is 5.69 Å². The van der Waals surface area contributed by atoms with E-state index in [-0.39, 0.29) is 29.8 Å². The number of hydrogen-bond acceptors (Lipinski definition) is 5. The van der Waals surface area contributed by atoms with Gasteiger partial charge >= 0.3 is 5.97 Å². The summed E-state index contributed by atoms with van der Waals surface area (Å²) in [4.78, 5) is 38.3. The van der Waals surface area contributed by atoms with E-state index in [2.05, 4.69) is 0 Å². The van der Waals surface area contributed by atoms with Crippen LogP contribution in [0.25, 0.3) is 0 Å². The summed E-state index contributed by atoms with van der Waals surface area (Å²) in [5.41, 5.74) is 0.325. The molecule has 0 aromatic heterocycles. The number of aliphatic carboxylic acids is 1. The SMILES string of the molecule is CC(C)N(CC(=O)O)C(=O)C1CC(=O)N(c2cccc(S(N)(=O)=O)c2)C1. The molecule has 0 spiro atoms. The van der Waals surface area contributed by atoms with Crippen LogP contribution in [0.15, 0.2) is 29.2 Å². The molecular formula is C16H21N3O6S. The Balaban J connectivity index is 2.23. The van der Waals surface area contributed by atoms with Crippen molar-refractivity contribution in [1.82, 2.24) is 4.90 Å². The Morgan fingerprint density at radius 1 is 1.38 bits per heavy atom. The zero-order valence-electron chi connectivity index (χ0n) is 14.5. The zero-order chi connectivity index (χ0) is 19.6. The summed E-state index contributed by atoms with van der Waals surface area (Å²) in [6.45, 7) is 3.01. The van der Waals surface area contributed by atoms with Gasteiger partial charge in [-0.2, -0.15) is 0 Å². The summed E-state index contributed by atoms with van der Waals surface area (Å²) in [5, 5.41) is 14.1. The van der Waals surface area contributed by atoms with Gasteiger partial charge in [0.15, 0.2) is 0 Å². The van der Waals surface area contributed by atoms with Gasteiger partial charge in [0.25, 0.3) is 0 Å². The van der Waals surface area contributed by atoms with Crippen molar-refractivity contribution >= 4 is 33.5 Å². The van der Waals surface area contributed by atoms with Gasteiger partial charge in [-0.15, -0.1) is 0 Å². The van der Waals surface area contributed by atoms with Crippen LogP contribution in [0, 0.1) is 5.92 Å². The van der Waals surface area contributed by atoms with Crippen molar-refractivity contribution < 1.29 is 27.9 Å². The van der Waals surface area contributed by atoms with Gasteiger partial charge in [0, 0.05) is 24.7 Å². The van der Waals surface area contributed by atoms with Gasteiger partial charge in [-0.05, 0) is 32.0 Å². The Bertz CT molecular complexity index is 836. The van der Waals surface area contributed by atoms with Crippen molar-refractivity contribution in [2.24, 2.45) is 11.1 Å². The first-order valence-corrected chi connectivity index (χ1v) is 9.51. The molecule has 1 aliphatic heterocycles. The Morgan fingerprint density at radius 3 is 2.58 bits per heavy atom. The molecule has 26 heavy (non-hydrogen) atoms. The molecule has 0 radical (unpaired) electrons. The molecule has 1 aromatic carbocycles. The summed E-state index contributed by atoms with van der Waals surface area (Å²) in [6, 6.07) is 5.28. The number of amides is 2. The van der Waals surface area contributed by atoms with E-state index in [0.717, 1.165) is 0 Å². The lowest BCUT2D eigenvalue weighted by Gasteiger charge is -2.27. The topological polar surface area (TPSA) is 138 Å². The molecular weight excluding hydrogens is 362 g/mol. The first kappa shape index (κ1) is 19.9. The third-order valence-corrected chi connectivity index (χ3v) is 5.06. The highest BCUT2D eigenvalue weighted by molar-refractivity contribution is 7.89. The van der Waals surface area contributed by atoms with Crippen LogP contribution in [0.2, 0.25) is 0 Å². The maximum atomic E-state index is 12.6. The molecule has 1 aromatic rings. The largest absolute Gasteiger partial charge is 0.480 e. The molecule has 0 aliphatic carbocycles. The molecule has 2 rings (SSSR count). The average Bonchev–Trinajstić information content (AvgIpc) is 2.93. The second-order valence-corrected chi connectivity index (χ2v) is 7.96. The number of benzene rings is 1. The van der Waals surface area contributed by atoms with E-state index in [4.69, 9.17) is 10.2 Å². The van der Waals surface area contributed by atoms with E-state index in [1.165, 1.54) is 28.0 Å². The Morgan fingerprint density at radius 2 is 2.04 bits per heavy atom. The molecule has 3 N–H and O–H groups in total. The van der Waals surface area contributed by atoms with Crippen LogP contribution >= 0.6 is 0 Å². The molecule has 1 heterocycles. The van der Waals surface area contributed by atoms with E-state index >= 15 is 0 Å². The second kappa shape index (κ2) is 7.42. The number of carbonyl (C=O) groups is 3. The summed E-state index contributed by atoms with van der Waals surface area (Å²) >= 11 is 0. The van der Waals surface area contributed by atoms with Crippen LogP contribution in [0.4, 0.5) is 5.69 Å². The standard InChI is InChI=1S/C16H21N3O6S/c1-10(2)18(9-15(21)22)16(23)11-6-14(20)19(8-11)12-4-3-5-13(7-12)26(17,24)25/h3-5,7,10-11H,6,8-9H2,1-2H3,(H,21,22)(H2,17,24,25). The molecule has 1 fully saturated rings. The number of anilines is 1. The molecule has 1 unspecified atom stereocenters. The lowest BCUT2D eigenvalue weighted by atomic mass is 10.1. The maximum absolute atomic E-state index is 12.6. The Labute approximate surface area is 151 Å². The van der Waals surface area contributed by atoms with Crippen molar-refractivity contribution in [2.45, 2.75) is 31.2 Å². The normalized spacial score (nSPS) is 17.6. The smallest absolute Gasteiger partial charge is 0.323 e. The highest BCUT2D eigenvalue weighted by Gasteiger charge is 2.38. The van der Waals surface area contributed by atoms with E-state index in [9.17, 15) is 22.8 Å². The quantitative estimate of drug-likeness (QED) is 0.709. The van der Waals surface area contributed by atoms with Gasteiger partial charge in [0.2, 0.25) is 21.8 Å². The number of nitrogens with two attached hydrogens (primary N) is 1. The molecule has 9 nitrogen and oxygen atoms in total. The summed E-state index contributed by atoms with van der Waals surface area (Å²) in [7, 11) is -3.92. The second-order valence-electron chi connectivity index (χ2n) is 6.40. The number of rotatable bonds is 6. The molecule has 0 saturated carbocycles. The van der Waals surface area contributed by atoms with Crippen molar-refractivity contribution in [3.8, 4) is 0 Å². The minimum atomic E-state index is -3.92. The lowest BCUT2D eigenvalue weighted by molar-refractivity contribution is -0.147. The van der Waals surface area contributed by atoms with E-state index in [1.54, 1.807) is 19.9 Å². The van der Waals surface area contributed by atoms with Crippen molar-refractivity contribution in [3.63, 3.8) is 0 Å². The number of nitrogens with zero attached hydrogens (tertiary/aromatic N) is 2. The van der Waals surface area contributed by atoms with Crippen LogP contribution in [-0.4, -0.2) is 55.3 Å². The molecule has 1 aliphatic rings. The van der Waals surface area contributed by atoms with Crippen LogP contribution < -0.4 is 10.0 Å². The third-order valence-electron chi connectivity index (χ3n) is 4.14. The molecule has 2 amide bonds. The predicted octanol–water partition coefficient (Wildman–Crippen LogP) is 0.00850. The highest BCUT2D eigenvalue weighted by atomic mass is 32.2. The zero-order valence-corrected chi connectivity index (χ0v) is 15.3. The number of sulfonamides is 1. The van der Waals surface area contributed by atoms with Crippen molar-refractivity contribution in [3.05, 3.63) is 24.3 Å². The minimum absolute atomic E-state index is 0.0502. The number of hydrogen-bond donors (Lipinski definition) is 2. The molecule has 10 heteroatoms. The fraction of sp³-hybridized carbons (Fsp3) is 0.438. The van der Waals surface area contributed by atoms with Crippen molar-refractivity contribution in [1.29, 1.82) is 0 Å². The predicted molar refractivity (Wildman–Crippen MR) is 92.8 cm³/mol. The van der Waals surface area contributed by atoms with Crippen molar-refractivity contribution in [2.75, 3.05) is 18.0 Å². The Hall–Kier alpha value is -2.46. The van der Waals surface area contributed by atoms with E-state index < -0.39 is 34.4 Å². The summed E-state index contributed by atoms with van der Waals surface area (Å²) in [5.74, 6) is -2.58. The number of carbonyl (C=O) groups excluding carboxylic acids is 2. The molecule has 1 atom stereocenters. The van der Waals surface area contributed by atoms with Gasteiger partial charge in [-0.1, -0.05) is 6.07 Å². The number of primary sulfonamides is 1. The van der Waals surface area contributed by atoms with Gasteiger partial charge in [-0.3, -0.25) is 14.4 Å². The van der Waals surface area contributed by atoms with Crippen LogP contribution in [0.3, 0.4) is 0 Å². The average molecular weight is 383 g/mol. The van der Waals surface area contributed by atoms with Gasteiger partial charge < -0.3 is 14.9 Å². The fourth-order valence-corrected chi connectivity index (χ4v) is 3.40. The number of carboxylic acid groups (broad SMARTS) is 1. The van der Waals surface area contributed by atoms with Gasteiger partial charge in [0.1, 0.15) is 6.54 Å².